The smallest absolute Gasteiger partial charge is 0.183 e. The Bertz CT molecular complexity index is 818. The van der Waals surface area contributed by atoms with Gasteiger partial charge in [0.15, 0.2) is 16.6 Å². The van der Waals surface area contributed by atoms with Crippen LogP contribution in [0, 0.1) is 6.92 Å². The SMILES string of the molecule is COc1ccc(CNc2nc(C)c(-c3ccncc3)s2)cc1OC. The Hall–Kier alpha value is -2.60. The molecule has 0 unspecified atom stereocenters. The van der Waals surface area contributed by atoms with Crippen LogP contribution in [0.1, 0.15) is 11.3 Å². The number of rotatable bonds is 6. The minimum absolute atomic E-state index is 0.670. The van der Waals surface area contributed by atoms with Gasteiger partial charge in [-0.3, -0.25) is 4.98 Å². The molecule has 0 aliphatic carbocycles. The van der Waals surface area contributed by atoms with Gasteiger partial charge in [0.25, 0.3) is 0 Å². The summed E-state index contributed by atoms with van der Waals surface area (Å²) in [5.74, 6) is 1.45. The van der Waals surface area contributed by atoms with E-state index in [2.05, 4.69) is 15.3 Å². The fourth-order valence-electron chi connectivity index (χ4n) is 2.41. The highest BCUT2D eigenvalue weighted by atomic mass is 32.1. The molecule has 0 radical (unpaired) electrons. The fraction of sp³-hybridized carbons (Fsp3) is 0.222. The van der Waals surface area contributed by atoms with Crippen LogP contribution in [-0.4, -0.2) is 24.2 Å². The third kappa shape index (κ3) is 3.49. The maximum absolute atomic E-state index is 5.34. The summed E-state index contributed by atoms with van der Waals surface area (Å²) < 4.78 is 10.6. The Morgan fingerprint density at radius 3 is 2.50 bits per heavy atom. The molecule has 124 valence electrons. The van der Waals surface area contributed by atoms with E-state index in [0.717, 1.165) is 38.3 Å². The second-order valence-electron chi connectivity index (χ2n) is 5.21. The standard InChI is InChI=1S/C18H19N3O2S/c1-12-17(14-6-8-19-9-7-14)24-18(21-12)20-11-13-4-5-15(22-2)16(10-13)23-3/h4-10H,11H2,1-3H3,(H,20,21). The van der Waals surface area contributed by atoms with Crippen molar-refractivity contribution in [3.8, 4) is 21.9 Å². The Balaban J connectivity index is 1.74. The molecular formula is C18H19N3O2S. The normalized spacial score (nSPS) is 10.5. The summed E-state index contributed by atoms with van der Waals surface area (Å²) in [6.45, 7) is 2.69. The molecule has 2 heterocycles. The van der Waals surface area contributed by atoms with Gasteiger partial charge in [-0.1, -0.05) is 17.4 Å². The van der Waals surface area contributed by atoms with Gasteiger partial charge in [0.05, 0.1) is 24.8 Å². The molecule has 0 aliphatic rings. The Kier molecular flexibility index (Phi) is 4.96. The number of nitrogens with one attached hydrogen (secondary N) is 1. The maximum Gasteiger partial charge on any atom is 0.183 e. The molecular weight excluding hydrogens is 322 g/mol. The second kappa shape index (κ2) is 7.31. The van der Waals surface area contributed by atoms with Gasteiger partial charge in [-0.2, -0.15) is 0 Å². The molecule has 0 aliphatic heterocycles. The van der Waals surface area contributed by atoms with Crippen molar-refractivity contribution in [1.82, 2.24) is 9.97 Å². The van der Waals surface area contributed by atoms with Crippen molar-refractivity contribution < 1.29 is 9.47 Å². The predicted molar refractivity (Wildman–Crippen MR) is 97.0 cm³/mol. The van der Waals surface area contributed by atoms with Gasteiger partial charge in [-0.05, 0) is 42.3 Å². The van der Waals surface area contributed by atoms with Gasteiger partial charge in [-0.25, -0.2) is 4.98 Å². The molecule has 0 saturated heterocycles. The minimum Gasteiger partial charge on any atom is -0.493 e. The van der Waals surface area contributed by atoms with Crippen LogP contribution in [0.2, 0.25) is 0 Å². The lowest BCUT2D eigenvalue weighted by Crippen LogP contribution is -2.00. The Morgan fingerprint density at radius 1 is 1.04 bits per heavy atom. The summed E-state index contributed by atoms with van der Waals surface area (Å²) in [5, 5.41) is 4.27. The molecule has 0 amide bonds. The van der Waals surface area contributed by atoms with Gasteiger partial charge >= 0.3 is 0 Å². The van der Waals surface area contributed by atoms with Crippen molar-refractivity contribution >= 4 is 16.5 Å². The molecule has 3 rings (SSSR count). The van der Waals surface area contributed by atoms with E-state index in [-0.39, 0.29) is 0 Å². The second-order valence-corrected chi connectivity index (χ2v) is 6.21. The lowest BCUT2D eigenvalue weighted by molar-refractivity contribution is 0.354. The van der Waals surface area contributed by atoms with Crippen LogP contribution in [0.5, 0.6) is 11.5 Å². The topological polar surface area (TPSA) is 56.3 Å². The van der Waals surface area contributed by atoms with E-state index in [9.17, 15) is 0 Å². The van der Waals surface area contributed by atoms with Crippen LogP contribution in [0.4, 0.5) is 5.13 Å². The van der Waals surface area contributed by atoms with E-state index in [1.54, 1.807) is 38.0 Å². The molecule has 1 aromatic carbocycles. The maximum atomic E-state index is 5.34. The average molecular weight is 341 g/mol. The van der Waals surface area contributed by atoms with Crippen molar-refractivity contribution in [1.29, 1.82) is 0 Å². The number of anilines is 1. The van der Waals surface area contributed by atoms with E-state index in [1.807, 2.05) is 37.3 Å². The van der Waals surface area contributed by atoms with Crippen molar-refractivity contribution in [3.05, 3.63) is 54.0 Å². The van der Waals surface area contributed by atoms with Crippen LogP contribution in [0.3, 0.4) is 0 Å². The van der Waals surface area contributed by atoms with Crippen molar-refractivity contribution in [2.24, 2.45) is 0 Å². The molecule has 0 saturated carbocycles. The average Bonchev–Trinajstić information content (AvgIpc) is 3.01. The van der Waals surface area contributed by atoms with E-state index in [4.69, 9.17) is 9.47 Å². The first-order valence-electron chi connectivity index (χ1n) is 7.54. The van der Waals surface area contributed by atoms with Crippen LogP contribution in [-0.2, 0) is 6.54 Å². The zero-order valence-electron chi connectivity index (χ0n) is 13.9. The molecule has 6 heteroatoms. The number of aromatic nitrogens is 2. The van der Waals surface area contributed by atoms with Crippen LogP contribution in [0.15, 0.2) is 42.7 Å². The largest absolute Gasteiger partial charge is 0.493 e. The third-order valence-corrected chi connectivity index (χ3v) is 4.80. The highest BCUT2D eigenvalue weighted by molar-refractivity contribution is 7.19. The summed E-state index contributed by atoms with van der Waals surface area (Å²) in [6.07, 6.45) is 3.59. The van der Waals surface area contributed by atoms with E-state index >= 15 is 0 Å². The number of pyridine rings is 1. The quantitative estimate of drug-likeness (QED) is 0.730. The minimum atomic E-state index is 0.670. The summed E-state index contributed by atoms with van der Waals surface area (Å²) in [6, 6.07) is 9.89. The van der Waals surface area contributed by atoms with Gasteiger partial charge in [0, 0.05) is 18.9 Å². The predicted octanol–water partition coefficient (Wildman–Crippen LogP) is 4.14. The monoisotopic (exact) mass is 341 g/mol. The van der Waals surface area contributed by atoms with Gasteiger partial charge in [-0.15, -0.1) is 0 Å². The summed E-state index contributed by atoms with van der Waals surface area (Å²) in [7, 11) is 3.27. The Labute approximate surface area is 145 Å². The Morgan fingerprint density at radius 2 is 1.79 bits per heavy atom. The lowest BCUT2D eigenvalue weighted by Gasteiger charge is -2.09. The number of methoxy groups -OCH3 is 2. The first-order valence-corrected chi connectivity index (χ1v) is 8.35. The molecule has 0 atom stereocenters. The number of hydrogen-bond acceptors (Lipinski definition) is 6. The van der Waals surface area contributed by atoms with Crippen molar-refractivity contribution in [2.75, 3.05) is 19.5 Å². The van der Waals surface area contributed by atoms with E-state index in [0.29, 0.717) is 6.54 Å². The van der Waals surface area contributed by atoms with Crippen LogP contribution >= 0.6 is 11.3 Å². The molecule has 3 aromatic rings. The summed E-state index contributed by atoms with van der Waals surface area (Å²) >= 11 is 1.64. The van der Waals surface area contributed by atoms with Crippen molar-refractivity contribution in [2.45, 2.75) is 13.5 Å². The van der Waals surface area contributed by atoms with E-state index < -0.39 is 0 Å². The van der Waals surface area contributed by atoms with Gasteiger partial charge in [0.1, 0.15) is 0 Å². The number of benzene rings is 1. The van der Waals surface area contributed by atoms with Crippen molar-refractivity contribution in [3.63, 3.8) is 0 Å². The molecule has 1 N–H and O–H groups in total. The number of aryl methyl sites for hydroxylation is 1. The zero-order valence-corrected chi connectivity index (χ0v) is 14.7. The van der Waals surface area contributed by atoms with Crippen LogP contribution < -0.4 is 14.8 Å². The number of ether oxygens (including phenoxy) is 2. The molecule has 24 heavy (non-hydrogen) atoms. The molecule has 0 spiro atoms. The number of nitrogens with zero attached hydrogens (tertiary/aromatic N) is 2. The molecule has 0 bridgehead atoms. The fourth-order valence-corrected chi connectivity index (χ4v) is 3.38. The van der Waals surface area contributed by atoms with E-state index in [1.165, 1.54) is 0 Å². The summed E-state index contributed by atoms with van der Waals surface area (Å²) in [4.78, 5) is 9.83. The van der Waals surface area contributed by atoms with Gasteiger partial charge < -0.3 is 14.8 Å². The zero-order chi connectivity index (χ0) is 16.9. The molecule has 0 fully saturated rings. The lowest BCUT2D eigenvalue weighted by atomic mass is 10.2. The van der Waals surface area contributed by atoms with Gasteiger partial charge in [0.2, 0.25) is 0 Å². The highest BCUT2D eigenvalue weighted by Gasteiger charge is 2.10. The first kappa shape index (κ1) is 16.3. The number of hydrogen-bond donors (Lipinski definition) is 1. The summed E-state index contributed by atoms with van der Waals surface area (Å²) in [5.41, 5.74) is 3.26. The van der Waals surface area contributed by atoms with Crippen LogP contribution in [0.25, 0.3) is 10.4 Å². The highest BCUT2D eigenvalue weighted by Crippen LogP contribution is 2.33. The first-order chi connectivity index (χ1) is 11.7. The molecule has 5 nitrogen and oxygen atoms in total. The number of thiazole rings is 1. The third-order valence-electron chi connectivity index (χ3n) is 3.63. The molecule has 2 aromatic heterocycles.